The van der Waals surface area contributed by atoms with Gasteiger partial charge in [-0.3, -0.25) is 0 Å². The molecule has 1 aromatic carbocycles. The minimum absolute atomic E-state index is 0.394. The Morgan fingerprint density at radius 3 is 2.95 bits per heavy atom. The topological polar surface area (TPSA) is 58.2 Å². The molecule has 4 nitrogen and oxygen atoms in total. The average Bonchev–Trinajstić information content (AvgIpc) is 3.04. The van der Waals surface area contributed by atoms with Gasteiger partial charge in [0.2, 0.25) is 10.0 Å². The van der Waals surface area contributed by atoms with Gasteiger partial charge in [-0.2, -0.15) is 0 Å². The third-order valence-electron chi connectivity index (χ3n) is 4.67. The van der Waals surface area contributed by atoms with Crippen LogP contribution in [-0.2, 0) is 16.4 Å². The maximum absolute atomic E-state index is 12.4. The second kappa shape index (κ2) is 5.37. The quantitative estimate of drug-likeness (QED) is 0.896. The first kappa shape index (κ1) is 13.9. The number of rotatable bonds is 4. The van der Waals surface area contributed by atoms with E-state index in [1.54, 1.807) is 12.1 Å². The van der Waals surface area contributed by atoms with Crippen LogP contribution >= 0.6 is 0 Å². The van der Waals surface area contributed by atoms with Gasteiger partial charge in [0.25, 0.3) is 0 Å². The van der Waals surface area contributed by atoms with Crippen molar-refractivity contribution in [2.24, 2.45) is 11.8 Å². The highest BCUT2D eigenvalue weighted by molar-refractivity contribution is 7.89. The number of sulfonamides is 1. The van der Waals surface area contributed by atoms with Crippen molar-refractivity contribution in [3.05, 3.63) is 23.8 Å². The van der Waals surface area contributed by atoms with Gasteiger partial charge in [-0.15, -0.1) is 0 Å². The van der Waals surface area contributed by atoms with Crippen molar-refractivity contribution in [1.82, 2.24) is 4.72 Å². The van der Waals surface area contributed by atoms with Crippen molar-refractivity contribution in [2.75, 3.05) is 18.4 Å². The van der Waals surface area contributed by atoms with Gasteiger partial charge in [0.1, 0.15) is 0 Å². The number of anilines is 1. The van der Waals surface area contributed by atoms with Crippen molar-refractivity contribution in [3.63, 3.8) is 0 Å². The average molecular weight is 294 g/mol. The Labute approximate surface area is 121 Å². The van der Waals surface area contributed by atoms with Crippen LogP contribution in [0.15, 0.2) is 23.1 Å². The van der Waals surface area contributed by atoms with Crippen molar-refractivity contribution < 1.29 is 8.42 Å². The summed E-state index contributed by atoms with van der Waals surface area (Å²) >= 11 is 0. The largest absolute Gasteiger partial charge is 0.384 e. The maximum atomic E-state index is 12.4. The molecule has 2 atom stereocenters. The molecular formula is C15H22N2O2S. The molecule has 0 amide bonds. The normalized spacial score (nSPS) is 25.4. The van der Waals surface area contributed by atoms with Gasteiger partial charge in [-0.1, -0.05) is 19.8 Å². The van der Waals surface area contributed by atoms with Gasteiger partial charge < -0.3 is 5.32 Å². The summed E-state index contributed by atoms with van der Waals surface area (Å²) in [6.45, 7) is 3.68. The third-order valence-corrected chi connectivity index (χ3v) is 6.09. The molecule has 2 N–H and O–H groups in total. The minimum Gasteiger partial charge on any atom is -0.384 e. The summed E-state index contributed by atoms with van der Waals surface area (Å²) in [6.07, 6.45) is 4.48. The maximum Gasteiger partial charge on any atom is 0.240 e. The van der Waals surface area contributed by atoms with Crippen LogP contribution in [-0.4, -0.2) is 21.5 Å². The molecule has 3 rings (SSSR count). The molecule has 1 heterocycles. The van der Waals surface area contributed by atoms with E-state index in [1.165, 1.54) is 12.8 Å². The highest BCUT2D eigenvalue weighted by Gasteiger charge is 2.25. The van der Waals surface area contributed by atoms with E-state index in [2.05, 4.69) is 17.0 Å². The van der Waals surface area contributed by atoms with Crippen LogP contribution in [0.1, 0.15) is 31.7 Å². The standard InChI is InChI=1S/C15H22N2O2S/c1-11-3-2-4-13(11)10-17-20(18,19)14-5-6-15-12(9-14)7-8-16-15/h5-6,9,11,13,16-17H,2-4,7-8,10H2,1H3. The fourth-order valence-electron chi connectivity index (χ4n) is 3.27. The van der Waals surface area contributed by atoms with Crippen molar-refractivity contribution >= 4 is 15.7 Å². The molecule has 0 spiro atoms. The highest BCUT2D eigenvalue weighted by Crippen LogP contribution is 2.31. The molecule has 1 aliphatic heterocycles. The highest BCUT2D eigenvalue weighted by atomic mass is 32.2. The fourth-order valence-corrected chi connectivity index (χ4v) is 4.42. The first-order valence-electron chi connectivity index (χ1n) is 7.43. The molecule has 1 aromatic rings. The zero-order valence-electron chi connectivity index (χ0n) is 11.9. The summed E-state index contributed by atoms with van der Waals surface area (Å²) < 4.78 is 27.5. The Balaban J connectivity index is 1.71. The summed E-state index contributed by atoms with van der Waals surface area (Å²) in [5.74, 6) is 1.11. The Morgan fingerprint density at radius 1 is 1.35 bits per heavy atom. The van der Waals surface area contributed by atoms with Crippen LogP contribution in [0.4, 0.5) is 5.69 Å². The summed E-state index contributed by atoms with van der Waals surface area (Å²) in [6, 6.07) is 5.36. The zero-order chi connectivity index (χ0) is 14.2. The van der Waals surface area contributed by atoms with E-state index in [4.69, 9.17) is 0 Å². The number of fused-ring (bicyclic) bond motifs is 1. The van der Waals surface area contributed by atoms with Crippen molar-refractivity contribution in [2.45, 2.75) is 37.5 Å². The summed E-state index contributed by atoms with van der Waals surface area (Å²) in [4.78, 5) is 0.394. The van der Waals surface area contributed by atoms with E-state index in [-0.39, 0.29) is 0 Å². The van der Waals surface area contributed by atoms with Gasteiger partial charge in [0.05, 0.1) is 4.90 Å². The van der Waals surface area contributed by atoms with Crippen LogP contribution in [0.3, 0.4) is 0 Å². The third kappa shape index (κ3) is 2.69. The first-order chi connectivity index (χ1) is 9.56. The minimum atomic E-state index is -3.37. The molecule has 0 bridgehead atoms. The predicted octanol–water partition coefficient (Wildman–Crippen LogP) is 2.37. The molecule has 0 aromatic heterocycles. The first-order valence-corrected chi connectivity index (χ1v) is 8.91. The predicted molar refractivity (Wildman–Crippen MR) is 80.3 cm³/mol. The Bertz CT molecular complexity index is 598. The molecule has 2 unspecified atom stereocenters. The zero-order valence-corrected chi connectivity index (χ0v) is 12.7. The Morgan fingerprint density at radius 2 is 2.20 bits per heavy atom. The van der Waals surface area contributed by atoms with E-state index in [9.17, 15) is 8.42 Å². The van der Waals surface area contributed by atoms with E-state index < -0.39 is 10.0 Å². The van der Waals surface area contributed by atoms with E-state index in [0.717, 1.165) is 30.6 Å². The molecule has 110 valence electrons. The fraction of sp³-hybridized carbons (Fsp3) is 0.600. The SMILES string of the molecule is CC1CCCC1CNS(=O)(=O)c1ccc2c(c1)CCN2. The second-order valence-corrected chi connectivity index (χ2v) is 7.78. The van der Waals surface area contributed by atoms with E-state index in [1.807, 2.05) is 6.07 Å². The molecule has 0 saturated heterocycles. The van der Waals surface area contributed by atoms with Crippen LogP contribution in [0.5, 0.6) is 0 Å². The smallest absolute Gasteiger partial charge is 0.240 e. The van der Waals surface area contributed by atoms with Crippen molar-refractivity contribution in [3.8, 4) is 0 Å². The van der Waals surface area contributed by atoms with Crippen LogP contribution in [0.25, 0.3) is 0 Å². The number of benzene rings is 1. The molecule has 5 heteroatoms. The van der Waals surface area contributed by atoms with Crippen LogP contribution < -0.4 is 10.0 Å². The lowest BCUT2D eigenvalue weighted by molar-refractivity contribution is 0.414. The molecule has 20 heavy (non-hydrogen) atoms. The van der Waals surface area contributed by atoms with Crippen LogP contribution in [0.2, 0.25) is 0 Å². The monoisotopic (exact) mass is 294 g/mol. The lowest BCUT2D eigenvalue weighted by Gasteiger charge is -2.16. The van der Waals surface area contributed by atoms with E-state index in [0.29, 0.717) is 23.3 Å². The summed E-state index contributed by atoms with van der Waals surface area (Å²) in [5.41, 5.74) is 2.16. The van der Waals surface area contributed by atoms with E-state index >= 15 is 0 Å². The number of hydrogen-bond acceptors (Lipinski definition) is 3. The van der Waals surface area contributed by atoms with Crippen LogP contribution in [0, 0.1) is 11.8 Å². The van der Waals surface area contributed by atoms with Crippen molar-refractivity contribution in [1.29, 1.82) is 0 Å². The summed E-state index contributed by atoms with van der Waals surface area (Å²) in [5, 5.41) is 3.25. The van der Waals surface area contributed by atoms with Gasteiger partial charge in [-0.25, -0.2) is 13.1 Å². The lowest BCUT2D eigenvalue weighted by Crippen LogP contribution is -2.30. The van der Waals surface area contributed by atoms with Gasteiger partial charge in [0, 0.05) is 18.8 Å². The second-order valence-electron chi connectivity index (χ2n) is 6.02. The van der Waals surface area contributed by atoms with Gasteiger partial charge >= 0.3 is 0 Å². The molecular weight excluding hydrogens is 272 g/mol. The molecule has 0 radical (unpaired) electrons. The molecule has 1 aliphatic carbocycles. The van der Waals surface area contributed by atoms with Gasteiger partial charge in [-0.05, 0) is 48.4 Å². The lowest BCUT2D eigenvalue weighted by atomic mass is 9.99. The Kier molecular flexibility index (Phi) is 3.73. The number of nitrogens with one attached hydrogen (secondary N) is 2. The molecule has 1 saturated carbocycles. The summed E-state index contributed by atoms with van der Waals surface area (Å²) in [7, 11) is -3.37. The molecule has 1 fully saturated rings. The molecule has 2 aliphatic rings. The number of hydrogen-bond donors (Lipinski definition) is 2. The Hall–Kier alpha value is -1.07. The van der Waals surface area contributed by atoms with Gasteiger partial charge in [0.15, 0.2) is 0 Å².